The van der Waals surface area contributed by atoms with E-state index in [1.165, 1.54) is 167 Å². The van der Waals surface area contributed by atoms with Gasteiger partial charge in [-0.15, -0.1) is 0 Å². The number of esters is 3. The Hall–Kier alpha value is -4.19. The largest absolute Gasteiger partial charge is 0.462 e. The van der Waals surface area contributed by atoms with E-state index in [2.05, 4.69) is 142 Å². The zero-order valence-electron chi connectivity index (χ0n) is 53.7. The van der Waals surface area contributed by atoms with E-state index in [-0.39, 0.29) is 31.1 Å². The molecule has 0 fully saturated rings. The second kappa shape index (κ2) is 69.3. The second-order valence-corrected chi connectivity index (χ2v) is 22.7. The Morgan fingerprint density at radius 3 is 0.768 bits per heavy atom. The highest BCUT2D eigenvalue weighted by atomic mass is 16.6. The van der Waals surface area contributed by atoms with Gasteiger partial charge in [-0.2, -0.15) is 0 Å². The fraction of sp³-hybridized carbons (Fsp3) is 0.697. The summed E-state index contributed by atoms with van der Waals surface area (Å²) in [6.45, 7) is 6.51. The van der Waals surface area contributed by atoms with Crippen molar-refractivity contribution in [2.45, 2.75) is 329 Å². The molecule has 0 aliphatic heterocycles. The van der Waals surface area contributed by atoms with Crippen LogP contribution in [-0.2, 0) is 28.6 Å². The molecular weight excluding hydrogens is 1010 g/mol. The van der Waals surface area contributed by atoms with Gasteiger partial charge in [-0.05, 0) is 116 Å². The van der Waals surface area contributed by atoms with E-state index in [0.717, 1.165) is 116 Å². The topological polar surface area (TPSA) is 78.9 Å². The molecule has 0 amide bonds. The molecule has 0 aromatic carbocycles. The molecule has 0 aromatic rings. The van der Waals surface area contributed by atoms with Gasteiger partial charge in [0.1, 0.15) is 13.2 Å². The number of carbonyl (C=O) groups is 3. The van der Waals surface area contributed by atoms with E-state index >= 15 is 0 Å². The molecule has 0 saturated heterocycles. The van der Waals surface area contributed by atoms with Gasteiger partial charge in [0, 0.05) is 19.3 Å². The van der Waals surface area contributed by atoms with E-state index in [4.69, 9.17) is 14.2 Å². The van der Waals surface area contributed by atoms with E-state index < -0.39 is 6.10 Å². The van der Waals surface area contributed by atoms with Gasteiger partial charge < -0.3 is 14.2 Å². The third kappa shape index (κ3) is 66.6. The summed E-state index contributed by atoms with van der Waals surface area (Å²) < 4.78 is 16.9. The van der Waals surface area contributed by atoms with Crippen molar-refractivity contribution in [2.75, 3.05) is 13.2 Å². The molecular formula is C76H128O6. The zero-order chi connectivity index (χ0) is 59.2. The molecule has 0 radical (unpaired) electrons. The second-order valence-electron chi connectivity index (χ2n) is 22.7. The Morgan fingerprint density at radius 1 is 0.256 bits per heavy atom. The van der Waals surface area contributed by atoms with Crippen LogP contribution < -0.4 is 0 Å². The van der Waals surface area contributed by atoms with Crippen LogP contribution in [0.2, 0.25) is 0 Å². The molecule has 0 heterocycles. The highest BCUT2D eigenvalue weighted by Gasteiger charge is 2.19. The first-order valence-electron chi connectivity index (χ1n) is 34.5. The summed E-state index contributed by atoms with van der Waals surface area (Å²) in [7, 11) is 0. The summed E-state index contributed by atoms with van der Waals surface area (Å²) in [6.07, 6.45) is 96.4. The van der Waals surface area contributed by atoms with Crippen LogP contribution in [-0.4, -0.2) is 37.2 Å². The predicted molar refractivity (Wildman–Crippen MR) is 357 cm³/mol. The minimum Gasteiger partial charge on any atom is -0.462 e. The standard InChI is InChI=1S/C76H128O6/c1-4-7-10-13-16-19-22-25-28-30-32-34-36-37-38-39-41-42-44-46-48-51-54-57-60-63-66-69-75(78)81-72-73(71-80-74(77)68-65-62-59-56-53-50-27-24-21-18-15-12-9-6-3)82-76(79)70-67-64-61-58-55-52-49-47-45-43-40-35-33-31-29-26-23-20-17-14-11-8-5-2/h7,10,16,19,23,25-26,28,31-34,37-38,41-42,46,48,54,57,73H,4-6,8-9,11-15,17-18,20-22,24,27,29-30,35-36,39-40,43-45,47,49-53,55-56,58-72H2,1-3H3/b10-7-,19-16-,26-23-,28-25-,33-31-,34-32-,38-37-,42-41-,48-46-,57-54-. The lowest BCUT2D eigenvalue weighted by molar-refractivity contribution is -0.167. The smallest absolute Gasteiger partial charge is 0.306 e. The van der Waals surface area contributed by atoms with Crippen molar-refractivity contribution >= 4 is 17.9 Å². The monoisotopic (exact) mass is 1140 g/mol. The van der Waals surface area contributed by atoms with Gasteiger partial charge >= 0.3 is 17.9 Å². The number of hydrogen-bond acceptors (Lipinski definition) is 6. The first-order valence-corrected chi connectivity index (χ1v) is 34.5. The quantitative estimate of drug-likeness (QED) is 0.0261. The molecule has 0 spiro atoms. The van der Waals surface area contributed by atoms with Gasteiger partial charge in [0.05, 0.1) is 0 Å². The fourth-order valence-electron chi connectivity index (χ4n) is 9.55. The SMILES string of the molecule is CC/C=C\C/C=C\C/C=C\C/C=C\C/C=C\C/C=C\C/C=C\C/C=C\CCCCC(=O)OCC(COC(=O)CCCCCCCCCCCCCCCC)OC(=O)CCCCCCCCCCCCC/C=C\C/C=C\CCCCCCC. The van der Waals surface area contributed by atoms with Gasteiger partial charge in [0.2, 0.25) is 0 Å². The van der Waals surface area contributed by atoms with Gasteiger partial charge in [-0.25, -0.2) is 0 Å². The molecule has 0 N–H and O–H groups in total. The van der Waals surface area contributed by atoms with Crippen molar-refractivity contribution in [2.24, 2.45) is 0 Å². The highest BCUT2D eigenvalue weighted by Crippen LogP contribution is 2.16. The first kappa shape index (κ1) is 77.8. The maximum atomic E-state index is 13.0. The Kier molecular flexibility index (Phi) is 65.8. The summed E-state index contributed by atoms with van der Waals surface area (Å²) in [4.78, 5) is 38.4. The minimum atomic E-state index is -0.800. The minimum absolute atomic E-state index is 0.0919. The van der Waals surface area contributed by atoms with Gasteiger partial charge in [0.25, 0.3) is 0 Å². The fourth-order valence-corrected chi connectivity index (χ4v) is 9.55. The number of allylic oxidation sites excluding steroid dienone is 20. The van der Waals surface area contributed by atoms with Gasteiger partial charge in [-0.1, -0.05) is 309 Å². The molecule has 0 bridgehead atoms. The Bertz CT molecular complexity index is 1690. The lowest BCUT2D eigenvalue weighted by Gasteiger charge is -2.18. The maximum Gasteiger partial charge on any atom is 0.306 e. The van der Waals surface area contributed by atoms with Crippen molar-refractivity contribution in [3.8, 4) is 0 Å². The summed E-state index contributed by atoms with van der Waals surface area (Å²) in [5, 5.41) is 0. The molecule has 6 heteroatoms. The molecule has 82 heavy (non-hydrogen) atoms. The lowest BCUT2D eigenvalue weighted by atomic mass is 10.0. The first-order chi connectivity index (χ1) is 40.5. The van der Waals surface area contributed by atoms with Crippen LogP contribution in [0.3, 0.4) is 0 Å². The molecule has 1 unspecified atom stereocenters. The number of unbranched alkanes of at least 4 members (excludes halogenated alkanes) is 31. The molecule has 0 saturated carbocycles. The summed E-state index contributed by atoms with van der Waals surface area (Å²) in [5.74, 6) is -0.929. The molecule has 1 atom stereocenters. The van der Waals surface area contributed by atoms with Crippen LogP contribution in [0, 0.1) is 0 Å². The van der Waals surface area contributed by atoms with Crippen molar-refractivity contribution in [3.63, 3.8) is 0 Å². The molecule has 0 rings (SSSR count). The third-order valence-electron chi connectivity index (χ3n) is 14.7. The Morgan fingerprint density at radius 2 is 0.476 bits per heavy atom. The molecule has 0 aliphatic rings. The molecule has 0 aromatic heterocycles. The predicted octanol–water partition coefficient (Wildman–Crippen LogP) is 23.9. The van der Waals surface area contributed by atoms with Crippen LogP contribution in [0.5, 0.6) is 0 Å². The third-order valence-corrected chi connectivity index (χ3v) is 14.7. The molecule has 0 aliphatic carbocycles. The maximum absolute atomic E-state index is 13.0. The van der Waals surface area contributed by atoms with Crippen molar-refractivity contribution in [1.82, 2.24) is 0 Å². The van der Waals surface area contributed by atoms with Crippen LogP contribution >= 0.6 is 0 Å². The van der Waals surface area contributed by atoms with Crippen LogP contribution in [0.15, 0.2) is 122 Å². The van der Waals surface area contributed by atoms with Crippen LogP contribution in [0.4, 0.5) is 0 Å². The summed E-state index contributed by atoms with van der Waals surface area (Å²) in [5.41, 5.74) is 0. The van der Waals surface area contributed by atoms with E-state index in [1.807, 2.05) is 0 Å². The summed E-state index contributed by atoms with van der Waals surface area (Å²) in [6, 6.07) is 0. The van der Waals surface area contributed by atoms with E-state index in [0.29, 0.717) is 19.3 Å². The zero-order valence-corrected chi connectivity index (χ0v) is 53.7. The van der Waals surface area contributed by atoms with Crippen molar-refractivity contribution in [3.05, 3.63) is 122 Å². The molecule has 468 valence electrons. The molecule has 6 nitrogen and oxygen atoms in total. The number of rotatable bonds is 62. The Labute approximate surface area is 507 Å². The van der Waals surface area contributed by atoms with Crippen molar-refractivity contribution < 1.29 is 28.6 Å². The number of hydrogen-bond donors (Lipinski definition) is 0. The van der Waals surface area contributed by atoms with Crippen molar-refractivity contribution in [1.29, 1.82) is 0 Å². The Balaban J connectivity index is 4.42. The number of carbonyl (C=O) groups excluding carboxylic acids is 3. The number of ether oxygens (including phenoxy) is 3. The lowest BCUT2D eigenvalue weighted by Crippen LogP contribution is -2.30. The summed E-state index contributed by atoms with van der Waals surface area (Å²) >= 11 is 0. The van der Waals surface area contributed by atoms with Crippen LogP contribution in [0.25, 0.3) is 0 Å². The van der Waals surface area contributed by atoms with E-state index in [9.17, 15) is 14.4 Å². The van der Waals surface area contributed by atoms with Crippen LogP contribution in [0.1, 0.15) is 323 Å². The normalized spacial score (nSPS) is 12.9. The highest BCUT2D eigenvalue weighted by molar-refractivity contribution is 5.71. The average molecular weight is 1140 g/mol. The van der Waals surface area contributed by atoms with Gasteiger partial charge in [0.15, 0.2) is 6.10 Å². The van der Waals surface area contributed by atoms with Gasteiger partial charge in [-0.3, -0.25) is 14.4 Å². The van der Waals surface area contributed by atoms with E-state index in [1.54, 1.807) is 0 Å². The average Bonchev–Trinajstić information content (AvgIpc) is 3.48.